The molecule has 1 N–H and O–H groups in total. The molecule has 1 fully saturated rings. The highest BCUT2D eigenvalue weighted by atomic mass is 19.1. The Bertz CT molecular complexity index is 964. The van der Waals surface area contributed by atoms with Crippen LogP contribution in [-0.4, -0.2) is 62.1 Å². The van der Waals surface area contributed by atoms with Crippen molar-refractivity contribution in [1.29, 1.82) is 0 Å². The molecule has 1 heterocycles. The van der Waals surface area contributed by atoms with Crippen LogP contribution in [0, 0.1) is 11.7 Å². The average Bonchev–Trinajstić information content (AvgIpc) is 2.86. The molecule has 0 radical (unpaired) electrons. The Hall–Kier alpha value is -3.62. The number of benzene rings is 2. The summed E-state index contributed by atoms with van der Waals surface area (Å²) in [7, 11) is 0. The predicted molar refractivity (Wildman–Crippen MR) is 122 cm³/mol. The summed E-state index contributed by atoms with van der Waals surface area (Å²) in [6, 6.07) is 12.5. The van der Waals surface area contributed by atoms with Crippen LogP contribution < -0.4 is 14.8 Å². The van der Waals surface area contributed by atoms with E-state index in [2.05, 4.69) is 5.32 Å². The number of hydrogen-bond acceptors (Lipinski definition) is 6. The van der Waals surface area contributed by atoms with Crippen molar-refractivity contribution in [2.24, 2.45) is 5.92 Å². The first-order valence-corrected chi connectivity index (χ1v) is 11.3. The van der Waals surface area contributed by atoms with E-state index in [4.69, 9.17) is 14.2 Å². The Balaban J connectivity index is 1.35. The lowest BCUT2D eigenvalue weighted by molar-refractivity contribution is -0.153. The molecule has 2 amide bonds. The normalized spacial score (nSPS) is 15.4. The van der Waals surface area contributed by atoms with Gasteiger partial charge < -0.3 is 24.4 Å². The van der Waals surface area contributed by atoms with Gasteiger partial charge in [0.25, 0.3) is 11.8 Å². The van der Waals surface area contributed by atoms with Crippen LogP contribution in [0.4, 0.5) is 4.39 Å². The minimum absolute atomic E-state index is 0.201. The Morgan fingerprint density at radius 1 is 1.03 bits per heavy atom. The first-order chi connectivity index (χ1) is 16.5. The molecule has 3 rings (SSSR count). The van der Waals surface area contributed by atoms with Crippen molar-refractivity contribution < 1.29 is 33.0 Å². The van der Waals surface area contributed by atoms with Gasteiger partial charge >= 0.3 is 5.97 Å². The Kier molecular flexibility index (Phi) is 9.25. The summed E-state index contributed by atoms with van der Waals surface area (Å²) >= 11 is 0. The molecule has 8 nitrogen and oxygen atoms in total. The molecule has 0 aliphatic carbocycles. The number of carbonyl (C=O) groups excluding carboxylic acids is 3. The molecule has 34 heavy (non-hydrogen) atoms. The third-order valence-electron chi connectivity index (χ3n) is 5.31. The number of amides is 2. The monoisotopic (exact) mass is 472 g/mol. The maximum atomic E-state index is 13.1. The number of carbonyl (C=O) groups is 3. The van der Waals surface area contributed by atoms with Crippen LogP contribution in [0.5, 0.6) is 11.5 Å². The maximum Gasteiger partial charge on any atom is 0.311 e. The fraction of sp³-hybridized carbons (Fsp3) is 0.400. The lowest BCUT2D eigenvalue weighted by atomic mass is 9.97. The summed E-state index contributed by atoms with van der Waals surface area (Å²) in [5.74, 6) is -0.725. The zero-order chi connectivity index (χ0) is 24.3. The van der Waals surface area contributed by atoms with Crippen LogP contribution in [0.2, 0.25) is 0 Å². The first kappa shape index (κ1) is 25.0. The minimum Gasteiger partial charge on any atom is -0.494 e. The standard InChI is InChI=1S/C25H29FN2O6/c1-2-32-21-9-11-22(12-10-21)33-15-13-27-23(29)17-34-25(31)19-4-3-14-28(16-19)24(30)18-5-7-20(26)8-6-18/h5-12,19H,2-4,13-17H2,1H3,(H,27,29). The zero-order valence-electron chi connectivity index (χ0n) is 19.1. The van der Waals surface area contributed by atoms with Crippen molar-refractivity contribution in [1.82, 2.24) is 10.2 Å². The highest BCUT2D eigenvalue weighted by molar-refractivity contribution is 5.94. The van der Waals surface area contributed by atoms with Gasteiger partial charge in [0.05, 0.1) is 19.1 Å². The largest absolute Gasteiger partial charge is 0.494 e. The van der Waals surface area contributed by atoms with Crippen molar-refractivity contribution >= 4 is 17.8 Å². The van der Waals surface area contributed by atoms with E-state index >= 15 is 0 Å². The number of hydrogen-bond donors (Lipinski definition) is 1. The van der Waals surface area contributed by atoms with E-state index < -0.39 is 30.2 Å². The van der Waals surface area contributed by atoms with Crippen molar-refractivity contribution in [3.05, 3.63) is 59.9 Å². The molecule has 0 bridgehead atoms. The molecule has 0 saturated carbocycles. The number of ether oxygens (including phenoxy) is 3. The summed E-state index contributed by atoms with van der Waals surface area (Å²) in [5.41, 5.74) is 0.363. The summed E-state index contributed by atoms with van der Waals surface area (Å²) in [6.07, 6.45) is 1.21. The average molecular weight is 473 g/mol. The van der Waals surface area contributed by atoms with Gasteiger partial charge in [-0.05, 0) is 68.3 Å². The third-order valence-corrected chi connectivity index (χ3v) is 5.31. The lowest BCUT2D eigenvalue weighted by Crippen LogP contribution is -2.43. The van der Waals surface area contributed by atoms with Crippen LogP contribution in [0.25, 0.3) is 0 Å². The van der Waals surface area contributed by atoms with E-state index in [1.54, 1.807) is 29.2 Å². The molecule has 1 atom stereocenters. The molecule has 1 aliphatic rings. The van der Waals surface area contributed by atoms with Gasteiger partial charge in [0.2, 0.25) is 0 Å². The van der Waals surface area contributed by atoms with Gasteiger partial charge in [0, 0.05) is 18.7 Å². The number of esters is 1. The summed E-state index contributed by atoms with van der Waals surface area (Å²) in [6.45, 7) is 3.32. The van der Waals surface area contributed by atoms with E-state index in [0.717, 1.165) is 5.75 Å². The number of rotatable bonds is 10. The topological polar surface area (TPSA) is 94.2 Å². The second-order valence-corrected chi connectivity index (χ2v) is 7.81. The zero-order valence-corrected chi connectivity index (χ0v) is 19.1. The van der Waals surface area contributed by atoms with Gasteiger partial charge in [-0.2, -0.15) is 0 Å². The van der Waals surface area contributed by atoms with E-state index in [1.165, 1.54) is 24.3 Å². The number of nitrogens with zero attached hydrogens (tertiary/aromatic N) is 1. The van der Waals surface area contributed by atoms with Crippen molar-refractivity contribution in [2.75, 3.05) is 39.5 Å². The van der Waals surface area contributed by atoms with Crippen LogP contribution in [0.1, 0.15) is 30.1 Å². The van der Waals surface area contributed by atoms with Gasteiger partial charge in [0.1, 0.15) is 23.9 Å². The Morgan fingerprint density at radius 3 is 2.38 bits per heavy atom. The fourth-order valence-corrected chi connectivity index (χ4v) is 3.59. The summed E-state index contributed by atoms with van der Waals surface area (Å²) in [4.78, 5) is 38.6. The van der Waals surface area contributed by atoms with Crippen molar-refractivity contribution in [3.63, 3.8) is 0 Å². The highest BCUT2D eigenvalue weighted by Gasteiger charge is 2.30. The second-order valence-electron chi connectivity index (χ2n) is 7.81. The quantitative estimate of drug-likeness (QED) is 0.422. The van der Waals surface area contributed by atoms with Gasteiger partial charge in [-0.25, -0.2) is 4.39 Å². The lowest BCUT2D eigenvalue weighted by Gasteiger charge is -2.31. The second kappa shape index (κ2) is 12.6. The molecule has 0 aromatic heterocycles. The van der Waals surface area contributed by atoms with E-state index in [1.807, 2.05) is 6.92 Å². The molecule has 9 heteroatoms. The van der Waals surface area contributed by atoms with Gasteiger partial charge in [-0.15, -0.1) is 0 Å². The van der Waals surface area contributed by atoms with Crippen LogP contribution >= 0.6 is 0 Å². The molecular weight excluding hydrogens is 443 g/mol. The van der Waals surface area contributed by atoms with Crippen LogP contribution in [0.3, 0.4) is 0 Å². The smallest absolute Gasteiger partial charge is 0.311 e. The number of halogens is 1. The molecule has 2 aromatic carbocycles. The van der Waals surface area contributed by atoms with E-state index in [0.29, 0.717) is 37.3 Å². The van der Waals surface area contributed by atoms with E-state index in [-0.39, 0.29) is 25.6 Å². The molecule has 1 aliphatic heterocycles. The third kappa shape index (κ3) is 7.47. The maximum absolute atomic E-state index is 13.1. The number of nitrogens with one attached hydrogen (secondary N) is 1. The SMILES string of the molecule is CCOc1ccc(OCCNC(=O)COC(=O)C2CCCN(C(=O)c3ccc(F)cc3)C2)cc1. The fourth-order valence-electron chi connectivity index (χ4n) is 3.59. The van der Waals surface area contributed by atoms with Crippen LogP contribution in [0.15, 0.2) is 48.5 Å². The Labute approximate surface area is 198 Å². The number of piperidine rings is 1. The van der Waals surface area contributed by atoms with Crippen molar-refractivity contribution in [3.8, 4) is 11.5 Å². The molecule has 182 valence electrons. The molecular formula is C25H29FN2O6. The molecule has 2 aromatic rings. The van der Waals surface area contributed by atoms with Gasteiger partial charge in [0.15, 0.2) is 6.61 Å². The highest BCUT2D eigenvalue weighted by Crippen LogP contribution is 2.20. The molecule has 1 saturated heterocycles. The summed E-state index contributed by atoms with van der Waals surface area (Å²) < 4.78 is 29.2. The Morgan fingerprint density at radius 2 is 1.71 bits per heavy atom. The van der Waals surface area contributed by atoms with Crippen LogP contribution in [-0.2, 0) is 14.3 Å². The summed E-state index contributed by atoms with van der Waals surface area (Å²) in [5, 5.41) is 2.63. The van der Waals surface area contributed by atoms with E-state index in [9.17, 15) is 18.8 Å². The minimum atomic E-state index is -0.516. The molecule has 1 unspecified atom stereocenters. The van der Waals surface area contributed by atoms with Gasteiger partial charge in [-0.1, -0.05) is 0 Å². The predicted octanol–water partition coefficient (Wildman–Crippen LogP) is 2.82. The number of likely N-dealkylation sites (tertiary alicyclic amines) is 1. The van der Waals surface area contributed by atoms with Gasteiger partial charge in [-0.3, -0.25) is 14.4 Å². The molecule has 0 spiro atoms. The van der Waals surface area contributed by atoms with Crippen molar-refractivity contribution in [2.45, 2.75) is 19.8 Å². The first-order valence-electron chi connectivity index (χ1n) is 11.3.